The summed E-state index contributed by atoms with van der Waals surface area (Å²) in [7, 11) is 1.25. The second-order valence-corrected chi connectivity index (χ2v) is 8.49. The Balaban J connectivity index is 2.22. The number of allylic oxidation sites excluding steroid dienone is 3. The Bertz CT molecular complexity index is 1120. The summed E-state index contributed by atoms with van der Waals surface area (Å²) in [5, 5.41) is 3.21. The maximum atomic E-state index is 13.7. The molecule has 0 saturated carbocycles. The highest BCUT2D eigenvalue weighted by molar-refractivity contribution is 6.12. The Hall–Kier alpha value is -3.62. The minimum atomic E-state index is -0.989. The molecule has 0 spiro atoms. The number of hydrogen-bond acceptors (Lipinski definition) is 9. The van der Waals surface area contributed by atoms with Crippen molar-refractivity contribution in [1.29, 1.82) is 0 Å². The van der Waals surface area contributed by atoms with Crippen LogP contribution in [0.1, 0.15) is 52.5 Å². The van der Waals surface area contributed by atoms with Gasteiger partial charge in [0.25, 0.3) is 0 Å². The van der Waals surface area contributed by atoms with Gasteiger partial charge in [-0.25, -0.2) is 4.79 Å². The van der Waals surface area contributed by atoms with Crippen LogP contribution in [0.2, 0.25) is 0 Å². The smallest absolute Gasteiger partial charge is 0.336 e. The summed E-state index contributed by atoms with van der Waals surface area (Å²) >= 11 is 0. The standard InChI is InChI=1S/C26H31NO8/c1-7-33-19-12-16(9-10-18(19)35-15(5)28)22-21(26(31)34-8-2)14(4)27-17-11-13(3)20(25(30)32-6)24(29)23(17)22/h9-10,12-13,20,22,27H,7-8,11H2,1-6H3/t13-,20-,22+/m1/s1. The molecule has 1 N–H and O–H groups in total. The molecular weight excluding hydrogens is 454 g/mol. The van der Waals surface area contributed by atoms with Crippen LogP contribution >= 0.6 is 0 Å². The van der Waals surface area contributed by atoms with Crippen molar-refractivity contribution in [3.8, 4) is 11.5 Å². The first-order valence-corrected chi connectivity index (χ1v) is 11.6. The quantitative estimate of drug-likeness (QED) is 0.353. The van der Waals surface area contributed by atoms with Crippen molar-refractivity contribution in [1.82, 2.24) is 5.32 Å². The van der Waals surface area contributed by atoms with Crippen molar-refractivity contribution >= 4 is 23.7 Å². The van der Waals surface area contributed by atoms with Crippen LogP contribution in [0.5, 0.6) is 11.5 Å². The second-order valence-electron chi connectivity index (χ2n) is 8.49. The number of hydrogen-bond donors (Lipinski definition) is 1. The van der Waals surface area contributed by atoms with Crippen LogP contribution in [0, 0.1) is 11.8 Å². The van der Waals surface area contributed by atoms with Gasteiger partial charge in [0.15, 0.2) is 17.3 Å². The van der Waals surface area contributed by atoms with Gasteiger partial charge in [0.1, 0.15) is 5.92 Å². The van der Waals surface area contributed by atoms with Gasteiger partial charge < -0.3 is 24.3 Å². The molecule has 0 amide bonds. The third-order valence-corrected chi connectivity index (χ3v) is 6.09. The third-order valence-electron chi connectivity index (χ3n) is 6.09. The van der Waals surface area contributed by atoms with Gasteiger partial charge in [-0.15, -0.1) is 0 Å². The van der Waals surface area contributed by atoms with E-state index in [1.54, 1.807) is 39.0 Å². The molecule has 9 heteroatoms. The number of methoxy groups -OCH3 is 1. The maximum Gasteiger partial charge on any atom is 0.336 e. The number of ether oxygens (including phenoxy) is 4. The lowest BCUT2D eigenvalue weighted by Crippen LogP contribution is -2.43. The van der Waals surface area contributed by atoms with Gasteiger partial charge >= 0.3 is 17.9 Å². The van der Waals surface area contributed by atoms with E-state index in [-0.39, 0.29) is 23.8 Å². The molecule has 0 aromatic heterocycles. The Kier molecular flexibility index (Phi) is 7.99. The highest BCUT2D eigenvalue weighted by atomic mass is 16.6. The first-order chi connectivity index (χ1) is 16.6. The zero-order chi connectivity index (χ0) is 25.9. The number of benzene rings is 1. The summed E-state index contributed by atoms with van der Waals surface area (Å²) in [4.78, 5) is 50.9. The molecule has 1 aliphatic heterocycles. The first kappa shape index (κ1) is 26.0. The highest BCUT2D eigenvalue weighted by Crippen LogP contribution is 2.46. The first-order valence-electron chi connectivity index (χ1n) is 11.6. The molecule has 2 aliphatic rings. The Morgan fingerprint density at radius 2 is 1.83 bits per heavy atom. The van der Waals surface area contributed by atoms with Gasteiger partial charge in [-0.1, -0.05) is 13.0 Å². The molecule has 0 saturated heterocycles. The molecule has 1 heterocycles. The predicted molar refractivity (Wildman–Crippen MR) is 125 cm³/mol. The van der Waals surface area contributed by atoms with Crippen molar-refractivity contribution in [2.75, 3.05) is 20.3 Å². The topological polar surface area (TPSA) is 117 Å². The van der Waals surface area contributed by atoms with E-state index in [1.807, 2.05) is 6.92 Å². The normalized spacial score (nSPS) is 21.7. The summed E-state index contributed by atoms with van der Waals surface area (Å²) in [6.07, 6.45) is 0.425. The number of nitrogens with one attached hydrogen (secondary N) is 1. The third kappa shape index (κ3) is 5.08. The Morgan fingerprint density at radius 3 is 2.43 bits per heavy atom. The SMILES string of the molecule is CCOC(=O)C1=C(C)NC2=C(C(=O)[C@H](C(=O)OC)[C@H](C)C2)[C@H]1c1ccc(OC(C)=O)c(OCC)c1. The molecule has 0 radical (unpaired) electrons. The molecular formula is C26H31NO8. The molecule has 9 nitrogen and oxygen atoms in total. The molecule has 1 aromatic rings. The summed E-state index contributed by atoms with van der Waals surface area (Å²) in [6, 6.07) is 4.88. The Labute approximate surface area is 204 Å². The van der Waals surface area contributed by atoms with Gasteiger partial charge in [0.2, 0.25) is 0 Å². The van der Waals surface area contributed by atoms with E-state index in [9.17, 15) is 19.2 Å². The predicted octanol–water partition coefficient (Wildman–Crippen LogP) is 3.19. The second kappa shape index (κ2) is 10.8. The van der Waals surface area contributed by atoms with E-state index >= 15 is 0 Å². The molecule has 3 rings (SSSR count). The van der Waals surface area contributed by atoms with Gasteiger partial charge in [-0.05, 0) is 50.8 Å². The molecule has 0 unspecified atom stereocenters. The van der Waals surface area contributed by atoms with Crippen LogP contribution < -0.4 is 14.8 Å². The highest BCUT2D eigenvalue weighted by Gasteiger charge is 2.47. The van der Waals surface area contributed by atoms with Crippen LogP contribution in [-0.4, -0.2) is 44.0 Å². The summed E-state index contributed by atoms with van der Waals surface area (Å²) < 4.78 is 21.2. The number of rotatable bonds is 7. The Morgan fingerprint density at radius 1 is 1.11 bits per heavy atom. The van der Waals surface area contributed by atoms with E-state index in [0.717, 1.165) is 0 Å². The van der Waals surface area contributed by atoms with Crippen LogP contribution in [-0.2, 0) is 28.7 Å². The molecule has 1 aromatic carbocycles. The number of Topliss-reactive ketones (excluding diaryl/α,β-unsaturated/α-hetero) is 1. The van der Waals surface area contributed by atoms with Crippen LogP contribution in [0.3, 0.4) is 0 Å². The van der Waals surface area contributed by atoms with E-state index in [0.29, 0.717) is 41.3 Å². The lowest BCUT2D eigenvalue weighted by molar-refractivity contribution is -0.151. The van der Waals surface area contributed by atoms with E-state index in [1.165, 1.54) is 14.0 Å². The van der Waals surface area contributed by atoms with Crippen molar-refractivity contribution in [3.05, 3.63) is 46.3 Å². The van der Waals surface area contributed by atoms with Crippen LogP contribution in [0.4, 0.5) is 0 Å². The summed E-state index contributed by atoms with van der Waals surface area (Å²) in [5.74, 6) is -3.67. The average molecular weight is 486 g/mol. The molecule has 3 atom stereocenters. The fourth-order valence-corrected chi connectivity index (χ4v) is 4.70. The summed E-state index contributed by atoms with van der Waals surface area (Å²) in [6.45, 7) is 8.80. The molecule has 1 aliphatic carbocycles. The minimum absolute atomic E-state index is 0.152. The number of dihydropyridines is 1. The van der Waals surface area contributed by atoms with Crippen molar-refractivity contribution < 1.29 is 38.1 Å². The van der Waals surface area contributed by atoms with Gasteiger partial charge in [0.05, 0.1) is 25.9 Å². The average Bonchev–Trinajstić information content (AvgIpc) is 2.79. The van der Waals surface area contributed by atoms with Crippen molar-refractivity contribution in [2.45, 2.75) is 47.0 Å². The number of carbonyl (C=O) groups excluding carboxylic acids is 4. The molecule has 0 bridgehead atoms. The zero-order valence-electron chi connectivity index (χ0n) is 20.9. The van der Waals surface area contributed by atoms with Gasteiger partial charge in [0, 0.05) is 29.8 Å². The van der Waals surface area contributed by atoms with Gasteiger partial charge in [-0.2, -0.15) is 0 Å². The largest absolute Gasteiger partial charge is 0.490 e. The van der Waals surface area contributed by atoms with Gasteiger partial charge in [-0.3, -0.25) is 14.4 Å². The van der Waals surface area contributed by atoms with Crippen LogP contribution in [0.25, 0.3) is 0 Å². The minimum Gasteiger partial charge on any atom is -0.490 e. The zero-order valence-corrected chi connectivity index (χ0v) is 20.9. The fourth-order valence-electron chi connectivity index (χ4n) is 4.70. The lowest BCUT2D eigenvalue weighted by Gasteiger charge is -2.38. The van der Waals surface area contributed by atoms with Crippen molar-refractivity contribution in [2.24, 2.45) is 11.8 Å². The number of ketones is 1. The number of carbonyl (C=O) groups is 4. The fraction of sp³-hybridized carbons (Fsp3) is 0.462. The van der Waals surface area contributed by atoms with Crippen molar-refractivity contribution in [3.63, 3.8) is 0 Å². The molecule has 188 valence electrons. The van der Waals surface area contributed by atoms with Crippen LogP contribution in [0.15, 0.2) is 40.7 Å². The maximum absolute atomic E-state index is 13.7. The van der Waals surface area contributed by atoms with E-state index in [2.05, 4.69) is 5.32 Å². The molecule has 35 heavy (non-hydrogen) atoms. The number of esters is 3. The molecule has 0 fully saturated rings. The lowest BCUT2D eigenvalue weighted by atomic mass is 9.69. The summed E-state index contributed by atoms with van der Waals surface area (Å²) in [5.41, 5.74) is 2.35. The monoisotopic (exact) mass is 485 g/mol. The van der Waals surface area contributed by atoms with E-state index in [4.69, 9.17) is 18.9 Å². The van der Waals surface area contributed by atoms with E-state index < -0.39 is 35.5 Å².